The fourth-order valence-electron chi connectivity index (χ4n) is 3.17. The molecular formula is C21H22BNO3. The van der Waals surface area contributed by atoms with E-state index < -0.39 is 18.3 Å². The van der Waals surface area contributed by atoms with Gasteiger partial charge in [0.25, 0.3) is 5.56 Å². The van der Waals surface area contributed by atoms with Crippen LogP contribution in [0.4, 0.5) is 0 Å². The molecule has 1 aliphatic heterocycles. The Morgan fingerprint density at radius 1 is 0.885 bits per heavy atom. The van der Waals surface area contributed by atoms with Gasteiger partial charge in [0.2, 0.25) is 0 Å². The van der Waals surface area contributed by atoms with E-state index in [0.717, 1.165) is 16.5 Å². The van der Waals surface area contributed by atoms with Crippen LogP contribution in [0.1, 0.15) is 27.7 Å². The standard InChI is InChI=1S/C21H22BNO3/c1-20(2)21(3,4)26-22(25-20)16-11-10-15-12-13-23(19(24)18(15)14-16)17-8-6-5-7-9-17/h5-14H,1-4H3. The minimum Gasteiger partial charge on any atom is -0.399 e. The zero-order chi connectivity index (χ0) is 18.5. The number of benzene rings is 2. The highest BCUT2D eigenvalue weighted by molar-refractivity contribution is 6.62. The van der Waals surface area contributed by atoms with Gasteiger partial charge in [0.05, 0.1) is 11.2 Å². The molecule has 26 heavy (non-hydrogen) atoms. The molecule has 0 bridgehead atoms. The maximum Gasteiger partial charge on any atom is 0.494 e. The van der Waals surface area contributed by atoms with Gasteiger partial charge < -0.3 is 9.31 Å². The highest BCUT2D eigenvalue weighted by Gasteiger charge is 2.51. The second-order valence-corrected chi connectivity index (χ2v) is 7.76. The Hall–Kier alpha value is -2.37. The number of aromatic nitrogens is 1. The summed E-state index contributed by atoms with van der Waals surface area (Å²) >= 11 is 0. The highest BCUT2D eigenvalue weighted by atomic mass is 16.7. The minimum atomic E-state index is -0.478. The maximum absolute atomic E-state index is 13.0. The molecule has 0 saturated carbocycles. The van der Waals surface area contributed by atoms with Crippen molar-refractivity contribution < 1.29 is 9.31 Å². The number of hydrogen-bond donors (Lipinski definition) is 0. The monoisotopic (exact) mass is 347 g/mol. The van der Waals surface area contributed by atoms with Crippen molar-refractivity contribution in [3.8, 4) is 5.69 Å². The van der Waals surface area contributed by atoms with Gasteiger partial charge in [0.15, 0.2) is 0 Å². The summed E-state index contributed by atoms with van der Waals surface area (Å²) in [6, 6.07) is 17.4. The predicted octanol–water partition coefficient (Wildman–Crippen LogP) is 3.29. The number of nitrogens with zero attached hydrogens (tertiary/aromatic N) is 1. The molecule has 0 spiro atoms. The van der Waals surface area contributed by atoms with E-state index in [-0.39, 0.29) is 5.56 Å². The van der Waals surface area contributed by atoms with Gasteiger partial charge in [-0.05, 0) is 62.8 Å². The molecule has 4 rings (SSSR count). The molecule has 0 amide bonds. The number of para-hydroxylation sites is 1. The van der Waals surface area contributed by atoms with Crippen LogP contribution < -0.4 is 11.0 Å². The van der Waals surface area contributed by atoms with E-state index in [1.54, 1.807) is 4.57 Å². The van der Waals surface area contributed by atoms with Crippen LogP contribution in [0.2, 0.25) is 0 Å². The lowest BCUT2D eigenvalue weighted by molar-refractivity contribution is 0.00578. The van der Waals surface area contributed by atoms with Crippen molar-refractivity contribution in [3.63, 3.8) is 0 Å². The first-order valence-corrected chi connectivity index (χ1v) is 8.85. The molecule has 132 valence electrons. The Bertz CT molecular complexity index is 1010. The Balaban J connectivity index is 1.80. The van der Waals surface area contributed by atoms with E-state index >= 15 is 0 Å². The van der Waals surface area contributed by atoms with Crippen molar-refractivity contribution in [1.29, 1.82) is 0 Å². The average molecular weight is 347 g/mol. The molecule has 0 aliphatic carbocycles. The van der Waals surface area contributed by atoms with Gasteiger partial charge in [0.1, 0.15) is 0 Å². The van der Waals surface area contributed by atoms with Crippen molar-refractivity contribution in [3.05, 3.63) is 71.1 Å². The van der Waals surface area contributed by atoms with E-state index in [2.05, 4.69) is 0 Å². The summed E-state index contributed by atoms with van der Waals surface area (Å²) in [5, 5.41) is 1.56. The van der Waals surface area contributed by atoms with Crippen molar-refractivity contribution >= 4 is 23.4 Å². The third-order valence-electron chi connectivity index (χ3n) is 5.49. The molecule has 3 aromatic rings. The van der Waals surface area contributed by atoms with Crippen LogP contribution in [0.3, 0.4) is 0 Å². The van der Waals surface area contributed by atoms with Crippen molar-refractivity contribution in [2.45, 2.75) is 38.9 Å². The summed E-state index contributed by atoms with van der Waals surface area (Å²) in [5.41, 5.74) is 0.841. The van der Waals surface area contributed by atoms with Gasteiger partial charge in [-0.15, -0.1) is 0 Å². The average Bonchev–Trinajstić information content (AvgIpc) is 2.83. The Kier molecular flexibility index (Phi) is 3.83. The van der Waals surface area contributed by atoms with Gasteiger partial charge in [-0.25, -0.2) is 0 Å². The predicted molar refractivity (Wildman–Crippen MR) is 105 cm³/mol. The number of pyridine rings is 1. The van der Waals surface area contributed by atoms with Crippen LogP contribution in [-0.2, 0) is 9.31 Å². The summed E-state index contributed by atoms with van der Waals surface area (Å²) in [6.07, 6.45) is 1.81. The van der Waals surface area contributed by atoms with Crippen molar-refractivity contribution in [2.24, 2.45) is 0 Å². The summed E-state index contributed by atoms with van der Waals surface area (Å²) in [4.78, 5) is 13.0. The van der Waals surface area contributed by atoms with Crippen LogP contribution in [0.25, 0.3) is 16.5 Å². The quantitative estimate of drug-likeness (QED) is 0.668. The van der Waals surface area contributed by atoms with Crippen molar-refractivity contribution in [2.75, 3.05) is 0 Å². The molecule has 0 N–H and O–H groups in total. The molecule has 1 saturated heterocycles. The second-order valence-electron chi connectivity index (χ2n) is 7.76. The molecule has 2 aromatic carbocycles. The summed E-state index contributed by atoms with van der Waals surface area (Å²) < 4.78 is 13.9. The molecule has 1 aliphatic rings. The zero-order valence-electron chi connectivity index (χ0n) is 15.5. The van der Waals surface area contributed by atoms with E-state index in [0.29, 0.717) is 5.39 Å². The third-order valence-corrected chi connectivity index (χ3v) is 5.49. The largest absolute Gasteiger partial charge is 0.494 e. The van der Waals surface area contributed by atoms with Gasteiger partial charge in [-0.2, -0.15) is 0 Å². The highest BCUT2D eigenvalue weighted by Crippen LogP contribution is 2.36. The van der Waals surface area contributed by atoms with Crippen LogP contribution >= 0.6 is 0 Å². The first-order chi connectivity index (χ1) is 12.3. The summed E-state index contributed by atoms with van der Waals surface area (Å²) in [5.74, 6) is 0. The van der Waals surface area contributed by atoms with E-state index in [9.17, 15) is 4.79 Å². The van der Waals surface area contributed by atoms with Crippen LogP contribution in [0, 0.1) is 0 Å². The molecule has 5 heteroatoms. The summed E-state index contributed by atoms with van der Waals surface area (Å²) in [7, 11) is -0.478. The van der Waals surface area contributed by atoms with Gasteiger partial charge in [-0.1, -0.05) is 30.3 Å². The molecule has 2 heterocycles. The Labute approximate surface area is 153 Å². The molecular weight excluding hydrogens is 325 g/mol. The topological polar surface area (TPSA) is 40.5 Å². The molecule has 0 radical (unpaired) electrons. The van der Waals surface area contributed by atoms with Gasteiger partial charge in [0, 0.05) is 17.3 Å². The van der Waals surface area contributed by atoms with Crippen LogP contribution in [-0.4, -0.2) is 22.9 Å². The molecule has 0 atom stereocenters. The van der Waals surface area contributed by atoms with Gasteiger partial charge in [-0.3, -0.25) is 9.36 Å². The van der Waals surface area contributed by atoms with Gasteiger partial charge >= 0.3 is 7.12 Å². The first kappa shape index (κ1) is 17.1. The lowest BCUT2D eigenvalue weighted by Gasteiger charge is -2.32. The number of rotatable bonds is 2. The number of fused-ring (bicyclic) bond motifs is 1. The van der Waals surface area contributed by atoms with E-state index in [1.807, 2.05) is 88.5 Å². The molecule has 1 fully saturated rings. The van der Waals surface area contributed by atoms with Crippen LogP contribution in [0.5, 0.6) is 0 Å². The molecule has 4 nitrogen and oxygen atoms in total. The SMILES string of the molecule is CC1(C)OB(c2ccc3ccn(-c4ccccc4)c(=O)c3c2)OC1(C)C. The second kappa shape index (κ2) is 5.83. The number of hydrogen-bond acceptors (Lipinski definition) is 3. The smallest absolute Gasteiger partial charge is 0.399 e. The van der Waals surface area contributed by atoms with Crippen LogP contribution in [0.15, 0.2) is 65.6 Å². The third kappa shape index (κ3) is 2.68. The maximum atomic E-state index is 13.0. The fraction of sp³-hybridized carbons (Fsp3) is 0.286. The van der Waals surface area contributed by atoms with Crippen molar-refractivity contribution in [1.82, 2.24) is 4.57 Å². The van der Waals surface area contributed by atoms with E-state index in [4.69, 9.17) is 9.31 Å². The fourth-order valence-corrected chi connectivity index (χ4v) is 3.17. The Morgan fingerprint density at radius 3 is 2.19 bits per heavy atom. The first-order valence-electron chi connectivity index (χ1n) is 8.85. The molecule has 0 unspecified atom stereocenters. The Morgan fingerprint density at radius 2 is 1.54 bits per heavy atom. The lowest BCUT2D eigenvalue weighted by atomic mass is 9.78. The lowest BCUT2D eigenvalue weighted by Crippen LogP contribution is -2.41. The zero-order valence-corrected chi connectivity index (χ0v) is 15.5. The molecule has 1 aromatic heterocycles. The normalized spacial score (nSPS) is 18.4. The minimum absolute atomic E-state index is 0.0490. The van der Waals surface area contributed by atoms with E-state index in [1.165, 1.54) is 0 Å². The summed E-state index contributed by atoms with van der Waals surface area (Å²) in [6.45, 7) is 8.10.